The van der Waals surface area contributed by atoms with Gasteiger partial charge in [0.2, 0.25) is 0 Å². The van der Waals surface area contributed by atoms with Gasteiger partial charge in [-0.05, 0) is 54.1 Å². The molecule has 2 aromatic carbocycles. The van der Waals surface area contributed by atoms with Crippen LogP contribution in [0.5, 0.6) is 11.5 Å². The van der Waals surface area contributed by atoms with Crippen LogP contribution >= 0.6 is 0 Å². The lowest BCUT2D eigenvalue weighted by atomic mass is 10.1. The van der Waals surface area contributed by atoms with E-state index in [1.807, 2.05) is 6.07 Å². The topological polar surface area (TPSA) is 44.8 Å². The van der Waals surface area contributed by atoms with Crippen LogP contribution in [0.3, 0.4) is 0 Å². The summed E-state index contributed by atoms with van der Waals surface area (Å²) in [5.74, 6) is 0.776. The molecule has 0 amide bonds. The van der Waals surface area contributed by atoms with Gasteiger partial charge in [-0.1, -0.05) is 6.07 Å². The highest BCUT2D eigenvalue weighted by molar-refractivity contribution is 6.05. The van der Waals surface area contributed by atoms with E-state index in [-0.39, 0.29) is 5.82 Å². The van der Waals surface area contributed by atoms with Crippen LogP contribution in [0.15, 0.2) is 54.1 Å². The fraction of sp³-hybridized carbons (Fsp3) is 0.105. The van der Waals surface area contributed by atoms with Crippen molar-refractivity contribution in [1.82, 2.24) is 0 Å². The van der Waals surface area contributed by atoms with Gasteiger partial charge in [0.15, 0.2) is 11.5 Å². The van der Waals surface area contributed by atoms with E-state index in [0.717, 1.165) is 5.56 Å². The Morgan fingerprint density at radius 2 is 1.71 bits per heavy atom. The molecule has 0 radical (unpaired) electrons. The molecule has 5 heteroatoms. The fourth-order valence-corrected chi connectivity index (χ4v) is 2.37. The predicted octanol–water partition coefficient (Wildman–Crippen LogP) is 3.82. The molecule has 2 aromatic rings. The zero-order valence-electron chi connectivity index (χ0n) is 13.2. The Labute approximate surface area is 138 Å². The van der Waals surface area contributed by atoms with Gasteiger partial charge in [-0.2, -0.15) is 0 Å². The summed E-state index contributed by atoms with van der Waals surface area (Å²) in [7, 11) is 3.10. The molecular weight excluding hydrogens is 311 g/mol. The third kappa shape index (κ3) is 3.15. The van der Waals surface area contributed by atoms with Gasteiger partial charge in [-0.25, -0.2) is 9.18 Å². The smallest absolute Gasteiger partial charge is 0.343 e. The molecule has 0 spiro atoms. The second-order valence-corrected chi connectivity index (χ2v) is 5.12. The lowest BCUT2D eigenvalue weighted by Gasteiger charge is -2.07. The fourth-order valence-electron chi connectivity index (χ4n) is 2.37. The number of benzene rings is 2. The zero-order chi connectivity index (χ0) is 17.1. The number of methoxy groups -OCH3 is 2. The number of hydrogen-bond donors (Lipinski definition) is 0. The Morgan fingerprint density at radius 1 is 1.00 bits per heavy atom. The average Bonchev–Trinajstić information content (AvgIpc) is 2.96. The largest absolute Gasteiger partial charge is 0.493 e. The number of carbonyl (C=O) groups is 1. The van der Waals surface area contributed by atoms with E-state index in [9.17, 15) is 9.18 Å². The number of rotatable bonds is 4. The van der Waals surface area contributed by atoms with Crippen LogP contribution in [0, 0.1) is 5.82 Å². The molecule has 0 saturated heterocycles. The number of carbonyl (C=O) groups excluding carboxylic acids is 1. The summed E-state index contributed by atoms with van der Waals surface area (Å²) in [5, 5.41) is 0. The van der Waals surface area contributed by atoms with Crippen molar-refractivity contribution < 1.29 is 23.4 Å². The maximum absolute atomic E-state index is 13.0. The molecule has 0 aromatic heterocycles. The van der Waals surface area contributed by atoms with Gasteiger partial charge in [0.25, 0.3) is 0 Å². The molecule has 0 atom stereocenters. The van der Waals surface area contributed by atoms with Crippen molar-refractivity contribution in [1.29, 1.82) is 0 Å². The van der Waals surface area contributed by atoms with Crippen molar-refractivity contribution in [2.75, 3.05) is 14.2 Å². The van der Waals surface area contributed by atoms with Crippen LogP contribution in [-0.4, -0.2) is 20.2 Å². The van der Waals surface area contributed by atoms with Crippen LogP contribution < -0.4 is 9.47 Å². The monoisotopic (exact) mass is 326 g/mol. The summed E-state index contributed by atoms with van der Waals surface area (Å²) in [4.78, 5) is 12.0. The molecule has 0 N–H and O–H groups in total. The van der Waals surface area contributed by atoms with E-state index in [1.165, 1.54) is 12.1 Å². The van der Waals surface area contributed by atoms with E-state index in [2.05, 4.69) is 0 Å². The summed E-state index contributed by atoms with van der Waals surface area (Å²) in [6.07, 6.45) is 3.33. The Morgan fingerprint density at radius 3 is 2.38 bits per heavy atom. The van der Waals surface area contributed by atoms with Crippen molar-refractivity contribution in [2.45, 2.75) is 0 Å². The summed E-state index contributed by atoms with van der Waals surface area (Å²) >= 11 is 0. The minimum absolute atomic E-state index is 0.343. The van der Waals surface area contributed by atoms with Gasteiger partial charge in [0.05, 0.1) is 19.8 Å². The molecule has 0 saturated carbocycles. The molecule has 0 unspecified atom stereocenters. The minimum atomic E-state index is -0.455. The molecule has 1 aliphatic heterocycles. The van der Waals surface area contributed by atoms with Gasteiger partial charge in [-0.3, -0.25) is 0 Å². The van der Waals surface area contributed by atoms with Crippen LogP contribution in [-0.2, 0) is 9.53 Å². The van der Waals surface area contributed by atoms with Gasteiger partial charge >= 0.3 is 5.97 Å². The molecule has 1 aliphatic rings. The normalized spacial score (nSPS) is 15.2. The van der Waals surface area contributed by atoms with E-state index in [0.29, 0.717) is 28.4 Å². The van der Waals surface area contributed by atoms with Crippen molar-refractivity contribution in [2.24, 2.45) is 0 Å². The lowest BCUT2D eigenvalue weighted by molar-refractivity contribution is -0.130. The third-order valence-corrected chi connectivity index (χ3v) is 3.58. The van der Waals surface area contributed by atoms with E-state index in [1.54, 1.807) is 50.6 Å². The summed E-state index contributed by atoms with van der Waals surface area (Å²) in [6.45, 7) is 0. The number of esters is 1. The van der Waals surface area contributed by atoms with Crippen LogP contribution in [0.25, 0.3) is 11.8 Å². The number of cyclic esters (lactones) is 1. The number of halogens is 1. The van der Waals surface area contributed by atoms with Gasteiger partial charge in [0, 0.05) is 5.56 Å². The Bertz CT molecular complexity index is 835. The van der Waals surface area contributed by atoms with Crippen molar-refractivity contribution in [3.8, 4) is 11.5 Å². The van der Waals surface area contributed by atoms with E-state index >= 15 is 0 Å². The van der Waals surface area contributed by atoms with Crippen LogP contribution in [0.1, 0.15) is 11.1 Å². The van der Waals surface area contributed by atoms with Crippen molar-refractivity contribution in [3.05, 3.63) is 71.1 Å². The quantitative estimate of drug-likeness (QED) is 0.633. The summed E-state index contributed by atoms with van der Waals surface area (Å²) in [5.41, 5.74) is 1.82. The van der Waals surface area contributed by atoms with Crippen molar-refractivity contribution >= 4 is 17.8 Å². The van der Waals surface area contributed by atoms with Gasteiger partial charge in [-0.15, -0.1) is 0 Å². The van der Waals surface area contributed by atoms with Gasteiger partial charge in [0.1, 0.15) is 11.6 Å². The molecule has 1 heterocycles. The Hall–Kier alpha value is -3.08. The maximum Gasteiger partial charge on any atom is 0.343 e. The highest BCUT2D eigenvalue weighted by Crippen LogP contribution is 2.31. The van der Waals surface area contributed by atoms with Crippen LogP contribution in [0.4, 0.5) is 4.39 Å². The lowest BCUT2D eigenvalue weighted by Crippen LogP contribution is -1.97. The number of hydrogen-bond acceptors (Lipinski definition) is 4. The zero-order valence-corrected chi connectivity index (χ0v) is 13.2. The van der Waals surface area contributed by atoms with E-state index < -0.39 is 5.97 Å². The highest BCUT2D eigenvalue weighted by Gasteiger charge is 2.22. The van der Waals surface area contributed by atoms with E-state index in [4.69, 9.17) is 14.2 Å². The highest BCUT2D eigenvalue weighted by atomic mass is 19.1. The van der Waals surface area contributed by atoms with Crippen molar-refractivity contribution in [3.63, 3.8) is 0 Å². The first kappa shape index (κ1) is 15.8. The third-order valence-electron chi connectivity index (χ3n) is 3.58. The predicted molar refractivity (Wildman–Crippen MR) is 88.0 cm³/mol. The SMILES string of the molecule is COc1ccc(/C=C2/C=C(c3ccc(F)cc3)OC2=O)cc1OC. The molecule has 24 heavy (non-hydrogen) atoms. The maximum atomic E-state index is 13.0. The Balaban J connectivity index is 1.92. The Kier molecular flexibility index (Phi) is 4.33. The second-order valence-electron chi connectivity index (χ2n) is 5.12. The molecular formula is C19H15FO4. The second kappa shape index (κ2) is 6.58. The summed E-state index contributed by atoms with van der Waals surface area (Å²) in [6, 6.07) is 11.1. The first-order chi connectivity index (χ1) is 11.6. The first-order valence-electron chi connectivity index (χ1n) is 7.24. The first-order valence-corrected chi connectivity index (χ1v) is 7.24. The molecule has 0 aliphatic carbocycles. The molecule has 3 rings (SSSR count). The molecule has 122 valence electrons. The summed E-state index contributed by atoms with van der Waals surface area (Å²) < 4.78 is 28.7. The number of ether oxygens (including phenoxy) is 3. The molecule has 0 bridgehead atoms. The van der Waals surface area contributed by atoms with Crippen LogP contribution in [0.2, 0.25) is 0 Å². The average molecular weight is 326 g/mol. The molecule has 0 fully saturated rings. The minimum Gasteiger partial charge on any atom is -0.493 e. The van der Waals surface area contributed by atoms with Gasteiger partial charge < -0.3 is 14.2 Å². The standard InChI is InChI=1S/C19H15FO4/c1-22-16-8-3-12(10-18(16)23-2)9-14-11-17(24-19(14)21)13-4-6-15(20)7-5-13/h3-11H,1-2H3/b14-9-. The molecule has 4 nitrogen and oxygen atoms in total.